The van der Waals surface area contributed by atoms with Gasteiger partial charge in [0.15, 0.2) is 0 Å². The predicted molar refractivity (Wildman–Crippen MR) is 247 cm³/mol. The maximum Gasteiger partial charge on any atom is 0.0561 e. The Morgan fingerprint density at radius 2 is 0.707 bits per heavy atom. The first kappa shape index (κ1) is 33.6. The van der Waals surface area contributed by atoms with Crippen molar-refractivity contribution in [3.8, 4) is 39.1 Å². The fourth-order valence-corrected chi connectivity index (χ4v) is 8.62. The molecule has 11 rings (SSSR count). The van der Waals surface area contributed by atoms with Crippen LogP contribution in [0.4, 0.5) is 17.1 Å². The molecular formula is C56H38N2. The van der Waals surface area contributed by atoms with Crippen LogP contribution in [0.2, 0.25) is 0 Å². The lowest BCUT2D eigenvalue weighted by atomic mass is 9.96. The summed E-state index contributed by atoms with van der Waals surface area (Å²) in [6, 6.07) is 83.7. The summed E-state index contributed by atoms with van der Waals surface area (Å²) < 4.78 is 2.39. The van der Waals surface area contributed by atoms with Crippen LogP contribution in [0.15, 0.2) is 231 Å². The first-order chi connectivity index (χ1) is 28.7. The van der Waals surface area contributed by atoms with Gasteiger partial charge >= 0.3 is 0 Å². The van der Waals surface area contributed by atoms with Crippen molar-refractivity contribution in [2.75, 3.05) is 4.90 Å². The summed E-state index contributed by atoms with van der Waals surface area (Å²) in [5.74, 6) is 0. The molecule has 0 N–H and O–H groups in total. The molecule has 0 radical (unpaired) electrons. The summed E-state index contributed by atoms with van der Waals surface area (Å²) in [7, 11) is 0. The molecule has 0 saturated carbocycles. The van der Waals surface area contributed by atoms with E-state index in [1.165, 1.54) is 76.7 Å². The molecule has 58 heavy (non-hydrogen) atoms. The molecule has 0 aliphatic heterocycles. The van der Waals surface area contributed by atoms with E-state index < -0.39 is 0 Å². The summed E-state index contributed by atoms with van der Waals surface area (Å²) in [6.07, 6.45) is 0. The van der Waals surface area contributed by atoms with Gasteiger partial charge in [-0.25, -0.2) is 0 Å². The fraction of sp³-hybridized carbons (Fsp3) is 0. The number of hydrogen-bond donors (Lipinski definition) is 0. The van der Waals surface area contributed by atoms with Gasteiger partial charge < -0.3 is 9.47 Å². The number of rotatable bonds is 7. The lowest BCUT2D eigenvalue weighted by molar-refractivity contribution is 1.18. The molecule has 272 valence electrons. The van der Waals surface area contributed by atoms with Crippen LogP contribution in [0.25, 0.3) is 82.4 Å². The normalized spacial score (nSPS) is 11.4. The van der Waals surface area contributed by atoms with Gasteiger partial charge in [-0.05, 0) is 128 Å². The molecule has 10 aromatic carbocycles. The molecule has 2 nitrogen and oxygen atoms in total. The van der Waals surface area contributed by atoms with Crippen molar-refractivity contribution in [2.24, 2.45) is 0 Å². The zero-order valence-electron chi connectivity index (χ0n) is 31.8. The maximum atomic E-state index is 2.39. The zero-order valence-corrected chi connectivity index (χ0v) is 31.8. The Morgan fingerprint density at radius 3 is 1.41 bits per heavy atom. The highest BCUT2D eigenvalue weighted by Crippen LogP contribution is 2.41. The van der Waals surface area contributed by atoms with Gasteiger partial charge in [-0.1, -0.05) is 158 Å². The van der Waals surface area contributed by atoms with Gasteiger partial charge in [0.25, 0.3) is 0 Å². The van der Waals surface area contributed by atoms with Gasteiger partial charge in [0.2, 0.25) is 0 Å². The highest BCUT2D eigenvalue weighted by Gasteiger charge is 2.18. The van der Waals surface area contributed by atoms with E-state index in [-0.39, 0.29) is 0 Å². The third kappa shape index (κ3) is 6.00. The first-order valence-electron chi connectivity index (χ1n) is 19.9. The van der Waals surface area contributed by atoms with Crippen molar-refractivity contribution in [3.63, 3.8) is 0 Å². The molecule has 11 aromatic rings. The molecule has 2 heteroatoms. The molecular weight excluding hydrogens is 701 g/mol. The number of fused-ring (bicyclic) bond motifs is 5. The smallest absolute Gasteiger partial charge is 0.0561 e. The maximum absolute atomic E-state index is 2.39. The van der Waals surface area contributed by atoms with Gasteiger partial charge in [0, 0.05) is 33.5 Å². The van der Waals surface area contributed by atoms with Crippen molar-refractivity contribution in [1.29, 1.82) is 0 Å². The van der Waals surface area contributed by atoms with Gasteiger partial charge in [-0.3, -0.25) is 0 Å². The Morgan fingerprint density at radius 1 is 0.259 bits per heavy atom. The number of nitrogens with zero attached hydrogens (tertiary/aromatic N) is 2. The van der Waals surface area contributed by atoms with Gasteiger partial charge in [0.1, 0.15) is 0 Å². The molecule has 0 atom stereocenters. The van der Waals surface area contributed by atoms with E-state index in [1.54, 1.807) is 0 Å². The first-order valence-corrected chi connectivity index (χ1v) is 19.9. The van der Waals surface area contributed by atoms with Crippen molar-refractivity contribution < 1.29 is 0 Å². The van der Waals surface area contributed by atoms with E-state index in [0.29, 0.717) is 0 Å². The monoisotopic (exact) mass is 738 g/mol. The molecule has 1 aromatic heterocycles. The minimum atomic E-state index is 1.10. The van der Waals surface area contributed by atoms with Crippen LogP contribution in [0.5, 0.6) is 0 Å². The zero-order chi connectivity index (χ0) is 38.4. The van der Waals surface area contributed by atoms with E-state index in [4.69, 9.17) is 0 Å². The van der Waals surface area contributed by atoms with Crippen molar-refractivity contribution in [2.45, 2.75) is 0 Å². The lowest BCUT2D eigenvalue weighted by Crippen LogP contribution is -2.10. The minimum absolute atomic E-state index is 1.10. The standard InChI is InChI=1S/C56H38N2/c1-4-12-39(13-5-1)41-26-29-50(30-27-41)57(52-32-33-54-53-18-10-11-19-55(53)58(56(54)38-52)49-16-8-3-9-17-49)51-31-28-46-34-44(24-25-47(46)37-51)45-23-21-42-20-22-43(35-48(42)36-45)40-14-6-2-7-15-40/h1-38H. The Kier molecular flexibility index (Phi) is 8.19. The van der Waals surface area contributed by atoms with Crippen LogP contribution < -0.4 is 4.90 Å². The minimum Gasteiger partial charge on any atom is -0.310 e. The second kappa shape index (κ2) is 14.1. The Bertz CT molecular complexity index is 3250. The molecule has 0 spiro atoms. The van der Waals surface area contributed by atoms with Gasteiger partial charge in [0.05, 0.1) is 11.0 Å². The third-order valence-corrected chi connectivity index (χ3v) is 11.5. The van der Waals surface area contributed by atoms with E-state index in [9.17, 15) is 0 Å². The average molecular weight is 739 g/mol. The highest BCUT2D eigenvalue weighted by molar-refractivity contribution is 6.10. The molecule has 0 saturated heterocycles. The van der Waals surface area contributed by atoms with Crippen LogP contribution in [0, 0.1) is 0 Å². The molecule has 1 heterocycles. The van der Waals surface area contributed by atoms with Crippen LogP contribution in [0.1, 0.15) is 0 Å². The Balaban J connectivity index is 1.02. The number of benzene rings is 10. The summed E-state index contributed by atoms with van der Waals surface area (Å²) in [4.78, 5) is 2.39. The largest absolute Gasteiger partial charge is 0.310 e. The van der Waals surface area contributed by atoms with Crippen LogP contribution in [0.3, 0.4) is 0 Å². The lowest BCUT2D eigenvalue weighted by Gasteiger charge is -2.26. The van der Waals surface area contributed by atoms with E-state index in [0.717, 1.165) is 22.7 Å². The Labute approximate surface area is 338 Å². The summed E-state index contributed by atoms with van der Waals surface area (Å²) in [6.45, 7) is 0. The fourth-order valence-electron chi connectivity index (χ4n) is 8.62. The number of aromatic nitrogens is 1. The number of hydrogen-bond acceptors (Lipinski definition) is 1. The SMILES string of the molecule is c1ccc(-c2ccc(N(c3ccc4cc(-c5ccc6ccc(-c7ccccc7)cc6c5)ccc4c3)c3ccc4c5ccccc5n(-c5ccccc5)c4c3)cc2)cc1. The van der Waals surface area contributed by atoms with E-state index in [2.05, 4.69) is 240 Å². The van der Waals surface area contributed by atoms with Gasteiger partial charge in [-0.2, -0.15) is 0 Å². The second-order valence-corrected chi connectivity index (χ2v) is 15.0. The summed E-state index contributed by atoms with van der Waals surface area (Å²) in [5, 5.41) is 7.37. The number of anilines is 3. The van der Waals surface area contributed by atoms with E-state index >= 15 is 0 Å². The Hall–Kier alpha value is -7.68. The highest BCUT2D eigenvalue weighted by atomic mass is 15.1. The molecule has 0 bridgehead atoms. The molecule has 0 aliphatic carbocycles. The van der Waals surface area contributed by atoms with Crippen molar-refractivity contribution in [1.82, 2.24) is 4.57 Å². The quantitative estimate of drug-likeness (QED) is 0.158. The molecule has 0 amide bonds. The van der Waals surface area contributed by atoms with E-state index in [1.807, 2.05) is 0 Å². The summed E-state index contributed by atoms with van der Waals surface area (Å²) >= 11 is 0. The van der Waals surface area contributed by atoms with Crippen LogP contribution in [-0.2, 0) is 0 Å². The van der Waals surface area contributed by atoms with Crippen LogP contribution >= 0.6 is 0 Å². The average Bonchev–Trinajstić information content (AvgIpc) is 3.63. The molecule has 0 unspecified atom stereocenters. The van der Waals surface area contributed by atoms with Crippen molar-refractivity contribution in [3.05, 3.63) is 231 Å². The van der Waals surface area contributed by atoms with Crippen molar-refractivity contribution >= 4 is 60.4 Å². The molecule has 0 fully saturated rings. The molecule has 0 aliphatic rings. The topological polar surface area (TPSA) is 8.17 Å². The summed E-state index contributed by atoms with van der Waals surface area (Å²) in [5.41, 5.74) is 14.1. The second-order valence-electron chi connectivity index (χ2n) is 15.0. The van der Waals surface area contributed by atoms with Gasteiger partial charge in [-0.15, -0.1) is 0 Å². The van der Waals surface area contributed by atoms with Crippen LogP contribution in [-0.4, -0.2) is 4.57 Å². The number of para-hydroxylation sites is 2. The third-order valence-electron chi connectivity index (χ3n) is 11.5. The predicted octanol–water partition coefficient (Wildman–Crippen LogP) is 15.6.